The van der Waals surface area contributed by atoms with Crippen molar-refractivity contribution in [3.8, 4) is 0 Å². The lowest BCUT2D eigenvalue weighted by Crippen LogP contribution is -2.04. The standard InChI is InChI=1S/C11H10N2O6/c1-2-3-11(14)19-7-8-4-9(12(15)16)6-10(5-8)13(17)18/h2,4-6H,1,3,7H2. The average Bonchev–Trinajstić information content (AvgIpc) is 2.36. The molecule has 100 valence electrons. The molecule has 0 fully saturated rings. The lowest BCUT2D eigenvalue weighted by atomic mass is 10.2. The molecule has 0 N–H and O–H groups in total. The Morgan fingerprint density at radius 1 is 1.21 bits per heavy atom. The quantitative estimate of drug-likeness (QED) is 0.337. The second-order valence-electron chi connectivity index (χ2n) is 3.53. The Hall–Kier alpha value is -2.77. The highest BCUT2D eigenvalue weighted by atomic mass is 16.6. The summed E-state index contributed by atoms with van der Waals surface area (Å²) in [5.74, 6) is -0.566. The van der Waals surface area contributed by atoms with E-state index in [1.54, 1.807) is 0 Å². The van der Waals surface area contributed by atoms with Crippen LogP contribution in [0.1, 0.15) is 12.0 Å². The molecule has 0 aromatic heterocycles. The maximum atomic E-state index is 11.1. The maximum absolute atomic E-state index is 11.1. The number of ether oxygens (including phenoxy) is 1. The number of nitrogens with zero attached hydrogens (tertiary/aromatic N) is 2. The van der Waals surface area contributed by atoms with Gasteiger partial charge in [0.2, 0.25) is 0 Å². The first-order chi connectivity index (χ1) is 8.93. The van der Waals surface area contributed by atoms with Crippen LogP contribution in [0.2, 0.25) is 0 Å². The first kappa shape index (κ1) is 14.3. The molecule has 1 rings (SSSR count). The van der Waals surface area contributed by atoms with Gasteiger partial charge in [-0.05, 0) is 0 Å². The van der Waals surface area contributed by atoms with Gasteiger partial charge in [0, 0.05) is 17.7 Å². The predicted octanol–water partition coefficient (Wildman–Crippen LogP) is 2.12. The van der Waals surface area contributed by atoms with Gasteiger partial charge in [-0.1, -0.05) is 6.08 Å². The molecule has 0 bridgehead atoms. The molecule has 8 nitrogen and oxygen atoms in total. The van der Waals surface area contributed by atoms with Crippen molar-refractivity contribution in [2.75, 3.05) is 0 Å². The Bertz CT molecular complexity index is 508. The summed E-state index contributed by atoms with van der Waals surface area (Å²) in [6, 6.07) is 3.08. The molecule has 8 heteroatoms. The smallest absolute Gasteiger partial charge is 0.309 e. The first-order valence-electron chi connectivity index (χ1n) is 5.13. The van der Waals surface area contributed by atoms with E-state index >= 15 is 0 Å². The Labute approximate surface area is 107 Å². The van der Waals surface area contributed by atoms with E-state index in [2.05, 4.69) is 6.58 Å². The molecule has 1 aromatic rings. The highest BCUT2D eigenvalue weighted by Crippen LogP contribution is 2.23. The second-order valence-corrected chi connectivity index (χ2v) is 3.53. The Morgan fingerprint density at radius 3 is 2.16 bits per heavy atom. The lowest BCUT2D eigenvalue weighted by molar-refractivity contribution is -0.394. The summed E-state index contributed by atoms with van der Waals surface area (Å²) < 4.78 is 4.78. The van der Waals surface area contributed by atoms with Gasteiger partial charge in [0.1, 0.15) is 6.61 Å². The number of carbonyl (C=O) groups is 1. The number of non-ortho nitro benzene ring substituents is 2. The maximum Gasteiger partial charge on any atom is 0.309 e. The average molecular weight is 266 g/mol. The summed E-state index contributed by atoms with van der Waals surface area (Å²) >= 11 is 0. The molecule has 1 aromatic carbocycles. The van der Waals surface area contributed by atoms with Crippen LogP contribution in [0.5, 0.6) is 0 Å². The van der Waals surface area contributed by atoms with E-state index in [1.165, 1.54) is 6.08 Å². The van der Waals surface area contributed by atoms with Crippen molar-refractivity contribution in [1.82, 2.24) is 0 Å². The van der Waals surface area contributed by atoms with Crippen molar-refractivity contribution in [2.24, 2.45) is 0 Å². The van der Waals surface area contributed by atoms with Gasteiger partial charge in [-0.25, -0.2) is 0 Å². The normalized spacial score (nSPS) is 9.68. The molecular weight excluding hydrogens is 256 g/mol. The molecular formula is C11H10N2O6. The molecule has 0 unspecified atom stereocenters. The van der Waals surface area contributed by atoms with Crippen LogP contribution in [0.15, 0.2) is 30.9 Å². The molecule has 0 saturated heterocycles. The molecule has 0 saturated carbocycles. The van der Waals surface area contributed by atoms with E-state index in [0.717, 1.165) is 18.2 Å². The van der Waals surface area contributed by atoms with Gasteiger partial charge in [-0.3, -0.25) is 25.0 Å². The minimum Gasteiger partial charge on any atom is -0.461 e. The molecule has 0 aliphatic rings. The van der Waals surface area contributed by atoms with Crippen molar-refractivity contribution >= 4 is 17.3 Å². The van der Waals surface area contributed by atoms with E-state index in [9.17, 15) is 25.0 Å². The largest absolute Gasteiger partial charge is 0.461 e. The van der Waals surface area contributed by atoms with Crippen LogP contribution in [-0.4, -0.2) is 15.8 Å². The number of hydrogen-bond acceptors (Lipinski definition) is 6. The van der Waals surface area contributed by atoms with Gasteiger partial charge in [-0.15, -0.1) is 6.58 Å². The number of carbonyl (C=O) groups excluding carboxylic acids is 1. The zero-order valence-corrected chi connectivity index (χ0v) is 9.77. The summed E-state index contributed by atoms with van der Waals surface area (Å²) in [6.07, 6.45) is 1.34. The van der Waals surface area contributed by atoms with Crippen molar-refractivity contribution in [3.63, 3.8) is 0 Å². The molecule has 0 atom stereocenters. The number of esters is 1. The number of hydrogen-bond donors (Lipinski definition) is 0. The van der Waals surface area contributed by atoms with Crippen molar-refractivity contribution in [3.05, 3.63) is 56.6 Å². The second kappa shape index (κ2) is 6.24. The van der Waals surface area contributed by atoms with Crippen LogP contribution >= 0.6 is 0 Å². The molecule has 0 spiro atoms. The van der Waals surface area contributed by atoms with Crippen LogP contribution in [-0.2, 0) is 16.1 Å². The monoisotopic (exact) mass is 266 g/mol. The van der Waals surface area contributed by atoms with Gasteiger partial charge in [-0.2, -0.15) is 0 Å². The SMILES string of the molecule is C=CCC(=O)OCc1cc([N+](=O)[O-])cc([N+](=O)[O-])c1. The first-order valence-corrected chi connectivity index (χ1v) is 5.13. The van der Waals surface area contributed by atoms with Gasteiger partial charge >= 0.3 is 5.97 Å². The molecule has 0 aliphatic heterocycles. The summed E-state index contributed by atoms with van der Waals surface area (Å²) in [4.78, 5) is 30.9. The number of nitro groups is 2. The van der Waals surface area contributed by atoms with E-state index in [4.69, 9.17) is 4.74 Å². The van der Waals surface area contributed by atoms with Crippen molar-refractivity contribution < 1.29 is 19.4 Å². The predicted molar refractivity (Wildman–Crippen MR) is 64.4 cm³/mol. The van der Waals surface area contributed by atoms with Gasteiger partial charge in [0.15, 0.2) is 0 Å². The molecule has 0 radical (unpaired) electrons. The fourth-order valence-corrected chi connectivity index (χ4v) is 1.29. The van der Waals surface area contributed by atoms with E-state index in [-0.39, 0.29) is 18.6 Å². The fourth-order valence-electron chi connectivity index (χ4n) is 1.29. The third-order valence-electron chi connectivity index (χ3n) is 2.09. The molecule has 0 amide bonds. The fraction of sp³-hybridized carbons (Fsp3) is 0.182. The van der Waals surface area contributed by atoms with Crippen LogP contribution in [0, 0.1) is 20.2 Å². The van der Waals surface area contributed by atoms with E-state index < -0.39 is 27.2 Å². The third kappa shape index (κ3) is 4.19. The number of benzene rings is 1. The molecule has 0 aliphatic carbocycles. The van der Waals surface area contributed by atoms with E-state index in [0.29, 0.717) is 0 Å². The highest BCUT2D eigenvalue weighted by Gasteiger charge is 2.16. The van der Waals surface area contributed by atoms with Crippen molar-refractivity contribution in [1.29, 1.82) is 0 Å². The van der Waals surface area contributed by atoms with Crippen molar-refractivity contribution in [2.45, 2.75) is 13.0 Å². The van der Waals surface area contributed by atoms with E-state index in [1.807, 2.05) is 0 Å². The minimum atomic E-state index is -0.748. The van der Waals surface area contributed by atoms with Crippen LogP contribution in [0.25, 0.3) is 0 Å². The van der Waals surface area contributed by atoms with Gasteiger partial charge in [0.05, 0.1) is 22.3 Å². The zero-order chi connectivity index (χ0) is 14.4. The van der Waals surface area contributed by atoms with Crippen LogP contribution < -0.4 is 0 Å². The van der Waals surface area contributed by atoms with Crippen LogP contribution in [0.3, 0.4) is 0 Å². The van der Waals surface area contributed by atoms with Gasteiger partial charge in [0.25, 0.3) is 11.4 Å². The third-order valence-corrected chi connectivity index (χ3v) is 2.09. The van der Waals surface area contributed by atoms with Gasteiger partial charge < -0.3 is 4.74 Å². The zero-order valence-electron chi connectivity index (χ0n) is 9.77. The number of nitro benzene ring substituents is 2. The molecule has 19 heavy (non-hydrogen) atoms. The summed E-state index contributed by atoms with van der Waals surface area (Å²) in [5, 5.41) is 21.3. The topological polar surface area (TPSA) is 113 Å². The Kier molecular flexibility index (Phi) is 4.69. The Balaban J connectivity index is 2.93. The molecule has 0 heterocycles. The van der Waals surface area contributed by atoms with Crippen LogP contribution in [0.4, 0.5) is 11.4 Å². The summed E-state index contributed by atoms with van der Waals surface area (Å²) in [7, 11) is 0. The highest BCUT2D eigenvalue weighted by molar-refractivity contribution is 5.71. The Morgan fingerprint density at radius 2 is 1.74 bits per heavy atom. The summed E-state index contributed by atoms with van der Waals surface area (Å²) in [5.41, 5.74) is -0.675. The number of rotatable bonds is 6. The lowest BCUT2D eigenvalue weighted by Gasteiger charge is -2.03. The summed E-state index contributed by atoms with van der Waals surface area (Å²) in [6.45, 7) is 3.08. The minimum absolute atomic E-state index is 0.00296.